The van der Waals surface area contributed by atoms with Crippen LogP contribution in [0, 0.1) is 0 Å². The summed E-state index contributed by atoms with van der Waals surface area (Å²) in [5, 5.41) is 3.32. The molecule has 0 bridgehead atoms. The van der Waals surface area contributed by atoms with E-state index >= 15 is 0 Å². The van der Waals surface area contributed by atoms with Gasteiger partial charge in [-0.1, -0.05) is 44.0 Å². The van der Waals surface area contributed by atoms with Crippen LogP contribution in [-0.4, -0.2) is 26.0 Å². The SMILES string of the molecule is CCCCCNC(=S)NNC(=O)c1cccc(NS(=O)(=O)c2ccccc2)c1. The van der Waals surface area contributed by atoms with Crippen LogP contribution in [0.15, 0.2) is 59.5 Å². The van der Waals surface area contributed by atoms with Gasteiger partial charge in [-0.15, -0.1) is 0 Å². The topological polar surface area (TPSA) is 99.3 Å². The molecule has 0 saturated carbocycles. The predicted octanol–water partition coefficient (Wildman–Crippen LogP) is 2.79. The third kappa shape index (κ3) is 6.82. The lowest BCUT2D eigenvalue weighted by Crippen LogP contribution is -2.47. The van der Waals surface area contributed by atoms with Crippen LogP contribution in [0.3, 0.4) is 0 Å². The van der Waals surface area contributed by atoms with Crippen LogP contribution in [-0.2, 0) is 10.0 Å². The van der Waals surface area contributed by atoms with Gasteiger partial charge < -0.3 is 5.32 Å². The molecule has 0 fully saturated rings. The molecule has 2 aromatic carbocycles. The number of hydrogen-bond acceptors (Lipinski definition) is 4. The van der Waals surface area contributed by atoms with E-state index in [1.165, 1.54) is 18.2 Å². The fraction of sp³-hybridized carbons (Fsp3) is 0.263. The molecule has 0 aliphatic rings. The van der Waals surface area contributed by atoms with Crippen molar-refractivity contribution in [1.29, 1.82) is 0 Å². The number of nitrogens with one attached hydrogen (secondary N) is 4. The van der Waals surface area contributed by atoms with Crippen molar-refractivity contribution in [3.63, 3.8) is 0 Å². The molecule has 150 valence electrons. The Hall–Kier alpha value is -2.65. The van der Waals surface area contributed by atoms with Crippen molar-refractivity contribution < 1.29 is 13.2 Å². The minimum Gasteiger partial charge on any atom is -0.361 e. The van der Waals surface area contributed by atoms with Crippen molar-refractivity contribution in [3.05, 3.63) is 60.2 Å². The van der Waals surface area contributed by atoms with Crippen molar-refractivity contribution in [3.8, 4) is 0 Å². The van der Waals surface area contributed by atoms with E-state index in [4.69, 9.17) is 12.2 Å². The van der Waals surface area contributed by atoms with Gasteiger partial charge in [0.1, 0.15) is 0 Å². The van der Waals surface area contributed by atoms with Gasteiger partial charge in [-0.3, -0.25) is 20.4 Å². The number of hydrogen-bond donors (Lipinski definition) is 4. The molecule has 9 heteroatoms. The highest BCUT2D eigenvalue weighted by molar-refractivity contribution is 7.92. The summed E-state index contributed by atoms with van der Waals surface area (Å²) in [7, 11) is -3.72. The molecule has 2 rings (SSSR count). The lowest BCUT2D eigenvalue weighted by atomic mass is 10.2. The number of thiocarbonyl (C=S) groups is 1. The van der Waals surface area contributed by atoms with Crippen LogP contribution in [0.25, 0.3) is 0 Å². The van der Waals surface area contributed by atoms with Gasteiger partial charge in [-0.25, -0.2) is 8.42 Å². The van der Waals surface area contributed by atoms with Gasteiger partial charge in [0.25, 0.3) is 15.9 Å². The Morgan fingerprint density at radius 2 is 1.75 bits per heavy atom. The third-order valence-corrected chi connectivity index (χ3v) is 5.43. The zero-order chi connectivity index (χ0) is 20.4. The Kier molecular flexibility index (Phi) is 8.21. The Labute approximate surface area is 170 Å². The summed E-state index contributed by atoms with van der Waals surface area (Å²) in [6, 6.07) is 14.2. The summed E-state index contributed by atoms with van der Waals surface area (Å²) < 4.78 is 27.3. The summed E-state index contributed by atoms with van der Waals surface area (Å²) in [4.78, 5) is 12.4. The molecule has 2 aromatic rings. The average Bonchev–Trinajstić information content (AvgIpc) is 2.70. The maximum atomic E-state index is 12.4. The first-order chi connectivity index (χ1) is 13.4. The number of unbranched alkanes of at least 4 members (excludes halogenated alkanes) is 2. The van der Waals surface area contributed by atoms with Crippen LogP contribution >= 0.6 is 12.2 Å². The normalized spacial score (nSPS) is 10.8. The molecular weight excluding hydrogens is 396 g/mol. The van der Waals surface area contributed by atoms with Crippen molar-refractivity contribution >= 4 is 38.9 Å². The first kappa shape index (κ1) is 21.6. The van der Waals surface area contributed by atoms with Crippen molar-refractivity contribution in [2.45, 2.75) is 31.1 Å². The number of benzene rings is 2. The minimum absolute atomic E-state index is 0.144. The highest BCUT2D eigenvalue weighted by Crippen LogP contribution is 2.17. The Morgan fingerprint density at radius 1 is 1.00 bits per heavy atom. The summed E-state index contributed by atoms with van der Waals surface area (Å²) in [6.45, 7) is 2.84. The zero-order valence-corrected chi connectivity index (χ0v) is 17.2. The number of hydrazine groups is 1. The quantitative estimate of drug-likeness (QED) is 0.298. The van der Waals surface area contributed by atoms with Crippen molar-refractivity contribution in [1.82, 2.24) is 16.2 Å². The van der Waals surface area contributed by atoms with E-state index in [0.29, 0.717) is 5.11 Å². The molecule has 0 saturated heterocycles. The number of amides is 1. The van der Waals surface area contributed by atoms with Gasteiger partial charge in [0.05, 0.1) is 4.90 Å². The molecule has 0 atom stereocenters. The maximum absolute atomic E-state index is 12.4. The van der Waals surface area contributed by atoms with E-state index in [1.54, 1.807) is 36.4 Å². The second-order valence-electron chi connectivity index (χ2n) is 6.04. The molecule has 0 spiro atoms. The molecule has 0 aromatic heterocycles. The van der Waals surface area contributed by atoms with E-state index in [0.717, 1.165) is 25.8 Å². The molecule has 0 aliphatic heterocycles. The summed E-state index contributed by atoms with van der Waals surface area (Å²) >= 11 is 5.09. The van der Waals surface area contributed by atoms with E-state index in [1.807, 2.05) is 0 Å². The molecule has 28 heavy (non-hydrogen) atoms. The predicted molar refractivity (Wildman–Crippen MR) is 114 cm³/mol. The van der Waals surface area contributed by atoms with Gasteiger partial charge in [0.15, 0.2) is 5.11 Å². The Bertz CT molecular complexity index is 902. The van der Waals surface area contributed by atoms with Crippen LogP contribution in [0.1, 0.15) is 36.5 Å². The number of anilines is 1. The molecular formula is C19H24N4O3S2. The second kappa shape index (κ2) is 10.6. The van der Waals surface area contributed by atoms with Crippen molar-refractivity contribution in [2.75, 3.05) is 11.3 Å². The summed E-state index contributed by atoms with van der Waals surface area (Å²) in [5.74, 6) is -0.432. The highest BCUT2D eigenvalue weighted by Gasteiger charge is 2.14. The van der Waals surface area contributed by atoms with Crippen molar-refractivity contribution in [2.24, 2.45) is 0 Å². The van der Waals surface area contributed by atoms with Gasteiger partial charge in [0, 0.05) is 17.8 Å². The standard InChI is InChI=1S/C19H24N4O3S2/c1-2-3-7-13-20-19(27)22-21-18(24)15-9-8-10-16(14-15)23-28(25,26)17-11-5-4-6-12-17/h4-6,8-12,14,23H,2-3,7,13H2,1H3,(H,21,24)(H2,20,22,27). The molecule has 0 aliphatic carbocycles. The maximum Gasteiger partial charge on any atom is 0.269 e. The van der Waals surface area contributed by atoms with E-state index in [9.17, 15) is 13.2 Å². The monoisotopic (exact) mass is 420 g/mol. The van der Waals surface area contributed by atoms with E-state index in [-0.39, 0.29) is 16.1 Å². The van der Waals surface area contributed by atoms with Gasteiger partial charge >= 0.3 is 0 Å². The lowest BCUT2D eigenvalue weighted by molar-refractivity contribution is 0.0943. The average molecular weight is 421 g/mol. The van der Waals surface area contributed by atoms with Crippen LogP contribution < -0.4 is 20.9 Å². The minimum atomic E-state index is -3.72. The summed E-state index contributed by atoms with van der Waals surface area (Å²) in [5.41, 5.74) is 5.70. The van der Waals surface area contributed by atoms with E-state index in [2.05, 4.69) is 27.8 Å². The largest absolute Gasteiger partial charge is 0.361 e. The first-order valence-corrected chi connectivity index (χ1v) is 10.8. The summed E-state index contributed by atoms with van der Waals surface area (Å²) in [6.07, 6.45) is 3.21. The van der Waals surface area contributed by atoms with Crippen LogP contribution in [0.4, 0.5) is 5.69 Å². The number of carbonyl (C=O) groups is 1. The lowest BCUT2D eigenvalue weighted by Gasteiger charge is -2.12. The second-order valence-corrected chi connectivity index (χ2v) is 8.13. The fourth-order valence-corrected chi connectivity index (χ4v) is 3.57. The molecule has 7 nitrogen and oxygen atoms in total. The number of rotatable bonds is 8. The molecule has 0 radical (unpaired) electrons. The zero-order valence-electron chi connectivity index (χ0n) is 15.6. The molecule has 0 heterocycles. The number of carbonyl (C=O) groups excluding carboxylic acids is 1. The Morgan fingerprint density at radius 3 is 2.46 bits per heavy atom. The third-order valence-electron chi connectivity index (χ3n) is 3.79. The van der Waals surface area contributed by atoms with Gasteiger partial charge in [-0.05, 0) is 49.0 Å². The highest BCUT2D eigenvalue weighted by atomic mass is 32.2. The van der Waals surface area contributed by atoms with E-state index < -0.39 is 15.9 Å². The van der Waals surface area contributed by atoms with Gasteiger partial charge in [0.2, 0.25) is 0 Å². The smallest absolute Gasteiger partial charge is 0.269 e. The Balaban J connectivity index is 1.93. The van der Waals surface area contributed by atoms with Crippen LogP contribution in [0.5, 0.6) is 0 Å². The fourth-order valence-electron chi connectivity index (χ4n) is 2.34. The molecule has 0 unspecified atom stereocenters. The molecule has 4 N–H and O–H groups in total. The number of sulfonamides is 1. The van der Waals surface area contributed by atoms with Crippen LogP contribution in [0.2, 0.25) is 0 Å². The first-order valence-electron chi connectivity index (χ1n) is 8.94. The van der Waals surface area contributed by atoms with Gasteiger partial charge in [-0.2, -0.15) is 0 Å². The molecule has 1 amide bonds.